The smallest absolute Gasteiger partial charge is 0.160 e. The Hall–Kier alpha value is -5.87. The molecule has 5 aromatic carbocycles. The number of benzene rings is 5. The van der Waals surface area contributed by atoms with Gasteiger partial charge in [0.2, 0.25) is 0 Å². The number of fused-ring (bicyclic) bond motifs is 6. The Balaban J connectivity index is 1.26. The van der Waals surface area contributed by atoms with Crippen molar-refractivity contribution >= 4 is 21.9 Å². The number of pyridine rings is 1. The van der Waals surface area contributed by atoms with Crippen molar-refractivity contribution in [3.8, 4) is 56.3 Å². The summed E-state index contributed by atoms with van der Waals surface area (Å²) in [6.07, 6.45) is 1.87. The summed E-state index contributed by atoms with van der Waals surface area (Å²) in [5.74, 6) is 0.664. The van der Waals surface area contributed by atoms with Crippen LogP contribution in [0.2, 0.25) is 0 Å². The van der Waals surface area contributed by atoms with Gasteiger partial charge in [-0.3, -0.25) is 4.98 Å². The van der Waals surface area contributed by atoms with Gasteiger partial charge in [-0.2, -0.15) is 0 Å². The molecule has 0 N–H and O–H groups in total. The maximum absolute atomic E-state index is 6.26. The van der Waals surface area contributed by atoms with Gasteiger partial charge < -0.3 is 4.42 Å². The molecule has 0 bridgehead atoms. The SMILES string of the molecule is CC1(C)c2ccccc2-c2c(-c3ncccc3-c3cc(-c4ccc5c(c4)oc4ccccc45)nc(-c4ccccc4)n3)cccc21. The van der Waals surface area contributed by atoms with E-state index in [1.807, 2.05) is 48.7 Å². The van der Waals surface area contributed by atoms with Crippen LogP contribution in [-0.2, 0) is 5.41 Å². The van der Waals surface area contributed by atoms with Crippen molar-refractivity contribution in [1.29, 1.82) is 0 Å². The minimum atomic E-state index is -0.102. The standard InChI is InChI=1S/C42H29N3O/c1-42(2)33-18-8-6-15-30(33)39-32(16-10-19-34(39)42)40-31(17-11-23-43-40)36-25-35(44-41(45-36)26-12-4-3-5-13-26)27-21-22-29-28-14-7-9-20-37(28)46-38(29)24-27/h3-25H,1-2H3. The topological polar surface area (TPSA) is 51.8 Å². The van der Waals surface area contributed by atoms with Gasteiger partial charge in [-0.25, -0.2) is 9.97 Å². The molecule has 0 saturated carbocycles. The van der Waals surface area contributed by atoms with Crippen molar-refractivity contribution in [2.24, 2.45) is 0 Å². The molecular weight excluding hydrogens is 562 g/mol. The number of para-hydroxylation sites is 1. The van der Waals surface area contributed by atoms with E-state index in [1.165, 1.54) is 22.3 Å². The van der Waals surface area contributed by atoms with Gasteiger partial charge in [-0.05, 0) is 58.7 Å². The van der Waals surface area contributed by atoms with Crippen molar-refractivity contribution in [3.05, 3.63) is 151 Å². The van der Waals surface area contributed by atoms with Crippen LogP contribution < -0.4 is 0 Å². The predicted molar refractivity (Wildman–Crippen MR) is 186 cm³/mol. The van der Waals surface area contributed by atoms with Gasteiger partial charge in [0.1, 0.15) is 11.2 Å². The fourth-order valence-electron chi connectivity index (χ4n) is 7.11. The number of hydrogen-bond donors (Lipinski definition) is 0. The van der Waals surface area contributed by atoms with Crippen LogP contribution in [0.25, 0.3) is 78.2 Å². The third-order valence-corrected chi connectivity index (χ3v) is 9.38. The van der Waals surface area contributed by atoms with Crippen molar-refractivity contribution in [1.82, 2.24) is 15.0 Å². The van der Waals surface area contributed by atoms with Crippen molar-refractivity contribution in [3.63, 3.8) is 0 Å². The highest BCUT2D eigenvalue weighted by Crippen LogP contribution is 2.52. The molecule has 8 aromatic rings. The molecule has 1 aliphatic carbocycles. The summed E-state index contributed by atoms with van der Waals surface area (Å²) in [5.41, 5.74) is 13.3. The molecule has 3 heterocycles. The first-order chi connectivity index (χ1) is 22.6. The second kappa shape index (κ2) is 10.1. The fourth-order valence-corrected chi connectivity index (χ4v) is 7.11. The molecule has 4 heteroatoms. The van der Waals surface area contributed by atoms with Gasteiger partial charge in [0, 0.05) is 44.6 Å². The maximum Gasteiger partial charge on any atom is 0.160 e. The van der Waals surface area contributed by atoms with E-state index in [-0.39, 0.29) is 5.41 Å². The zero-order chi connectivity index (χ0) is 30.8. The molecule has 0 spiro atoms. The van der Waals surface area contributed by atoms with E-state index in [9.17, 15) is 0 Å². The maximum atomic E-state index is 6.26. The number of nitrogens with zero attached hydrogens (tertiary/aromatic N) is 3. The lowest BCUT2D eigenvalue weighted by Crippen LogP contribution is -2.14. The van der Waals surface area contributed by atoms with Gasteiger partial charge in [0.05, 0.1) is 17.1 Å². The van der Waals surface area contributed by atoms with Crippen LogP contribution in [0.3, 0.4) is 0 Å². The Bertz CT molecular complexity index is 2460. The summed E-state index contributed by atoms with van der Waals surface area (Å²) in [6, 6.07) is 46.2. The first kappa shape index (κ1) is 26.5. The number of aromatic nitrogens is 3. The fraction of sp³-hybridized carbons (Fsp3) is 0.0714. The summed E-state index contributed by atoms with van der Waals surface area (Å²) in [4.78, 5) is 15.3. The second-order valence-electron chi connectivity index (χ2n) is 12.4. The van der Waals surface area contributed by atoms with Gasteiger partial charge in [-0.1, -0.05) is 111 Å². The summed E-state index contributed by atoms with van der Waals surface area (Å²) < 4.78 is 6.26. The van der Waals surface area contributed by atoms with E-state index in [4.69, 9.17) is 19.4 Å². The molecule has 218 valence electrons. The van der Waals surface area contributed by atoms with E-state index >= 15 is 0 Å². The highest BCUT2D eigenvalue weighted by Gasteiger charge is 2.37. The van der Waals surface area contributed by atoms with E-state index in [2.05, 4.69) is 105 Å². The zero-order valence-corrected chi connectivity index (χ0v) is 25.5. The number of rotatable bonds is 4. The molecule has 3 aromatic heterocycles. The normalized spacial score (nSPS) is 13.2. The molecule has 0 amide bonds. The highest BCUT2D eigenvalue weighted by atomic mass is 16.3. The molecule has 0 aliphatic heterocycles. The third-order valence-electron chi connectivity index (χ3n) is 9.38. The van der Waals surface area contributed by atoms with Gasteiger partial charge >= 0.3 is 0 Å². The van der Waals surface area contributed by atoms with E-state index in [0.717, 1.165) is 61.3 Å². The van der Waals surface area contributed by atoms with E-state index in [1.54, 1.807) is 0 Å². The Labute approximate surface area is 267 Å². The van der Waals surface area contributed by atoms with Crippen LogP contribution in [0, 0.1) is 0 Å². The van der Waals surface area contributed by atoms with E-state index < -0.39 is 0 Å². The van der Waals surface area contributed by atoms with Crippen molar-refractivity contribution < 1.29 is 4.42 Å². The largest absolute Gasteiger partial charge is 0.456 e. The quantitative estimate of drug-likeness (QED) is 0.204. The van der Waals surface area contributed by atoms with Crippen molar-refractivity contribution in [2.75, 3.05) is 0 Å². The molecule has 46 heavy (non-hydrogen) atoms. The van der Waals surface area contributed by atoms with Crippen LogP contribution in [0.5, 0.6) is 0 Å². The average Bonchev–Trinajstić information content (AvgIpc) is 3.60. The van der Waals surface area contributed by atoms with Crippen molar-refractivity contribution in [2.45, 2.75) is 19.3 Å². The lowest BCUT2D eigenvalue weighted by atomic mass is 9.82. The molecule has 9 rings (SSSR count). The van der Waals surface area contributed by atoms with Crippen LogP contribution in [-0.4, -0.2) is 15.0 Å². The molecule has 0 unspecified atom stereocenters. The zero-order valence-electron chi connectivity index (χ0n) is 25.5. The number of furan rings is 1. The number of hydrogen-bond acceptors (Lipinski definition) is 4. The molecule has 1 aliphatic rings. The summed E-state index contributed by atoms with van der Waals surface area (Å²) in [7, 11) is 0. The first-order valence-corrected chi connectivity index (χ1v) is 15.6. The Morgan fingerprint density at radius 1 is 0.522 bits per heavy atom. The Kier molecular flexibility index (Phi) is 5.81. The van der Waals surface area contributed by atoms with Gasteiger partial charge in [0.25, 0.3) is 0 Å². The molecule has 0 saturated heterocycles. The van der Waals surface area contributed by atoms with E-state index in [0.29, 0.717) is 5.82 Å². The minimum absolute atomic E-state index is 0.102. The lowest BCUT2D eigenvalue weighted by Gasteiger charge is -2.21. The lowest BCUT2D eigenvalue weighted by molar-refractivity contribution is 0.660. The first-order valence-electron chi connectivity index (χ1n) is 15.6. The molecule has 4 nitrogen and oxygen atoms in total. The molecule has 0 atom stereocenters. The monoisotopic (exact) mass is 591 g/mol. The van der Waals surface area contributed by atoms with Crippen LogP contribution in [0.4, 0.5) is 0 Å². The average molecular weight is 592 g/mol. The van der Waals surface area contributed by atoms with Crippen LogP contribution in [0.15, 0.2) is 144 Å². The minimum Gasteiger partial charge on any atom is -0.456 e. The second-order valence-corrected chi connectivity index (χ2v) is 12.4. The third kappa shape index (κ3) is 4.04. The summed E-state index contributed by atoms with van der Waals surface area (Å²) in [5, 5.41) is 2.20. The summed E-state index contributed by atoms with van der Waals surface area (Å²) in [6.45, 7) is 4.62. The van der Waals surface area contributed by atoms with Crippen LogP contribution >= 0.6 is 0 Å². The Morgan fingerprint density at radius 3 is 2.15 bits per heavy atom. The van der Waals surface area contributed by atoms with Gasteiger partial charge in [0.15, 0.2) is 5.82 Å². The van der Waals surface area contributed by atoms with Gasteiger partial charge in [-0.15, -0.1) is 0 Å². The highest BCUT2D eigenvalue weighted by molar-refractivity contribution is 6.06. The van der Waals surface area contributed by atoms with Crippen LogP contribution in [0.1, 0.15) is 25.0 Å². The molecular formula is C42H29N3O. The summed E-state index contributed by atoms with van der Waals surface area (Å²) >= 11 is 0. The predicted octanol–water partition coefficient (Wildman–Crippen LogP) is 10.7. The molecule has 0 radical (unpaired) electrons. The Morgan fingerprint density at radius 2 is 1.24 bits per heavy atom. The molecule has 0 fully saturated rings.